The summed E-state index contributed by atoms with van der Waals surface area (Å²) in [5, 5.41) is 3.05. The van der Waals surface area contributed by atoms with Crippen molar-refractivity contribution in [3.05, 3.63) is 30.3 Å². The molecule has 1 aromatic rings. The Labute approximate surface area is 146 Å². The van der Waals surface area contributed by atoms with Gasteiger partial charge in [0.15, 0.2) is 0 Å². The lowest BCUT2D eigenvalue weighted by atomic mass is 9.86. The van der Waals surface area contributed by atoms with E-state index in [0.717, 1.165) is 25.2 Å². The highest BCUT2D eigenvalue weighted by Gasteiger charge is 2.44. The van der Waals surface area contributed by atoms with Crippen LogP contribution in [0.4, 0.5) is 10.5 Å². The van der Waals surface area contributed by atoms with E-state index >= 15 is 0 Å². The van der Waals surface area contributed by atoms with E-state index in [1.807, 2.05) is 35.2 Å². The number of urea groups is 1. The Morgan fingerprint density at radius 2 is 1.88 bits per heavy atom. The molecule has 1 aromatic carbocycles. The highest BCUT2D eigenvalue weighted by atomic mass is 16.2. The molecule has 2 aliphatic heterocycles. The summed E-state index contributed by atoms with van der Waals surface area (Å²) in [4.78, 5) is 17.4. The third-order valence-corrected chi connectivity index (χ3v) is 5.64. The predicted octanol–water partition coefficient (Wildman–Crippen LogP) is 4.34. The van der Waals surface area contributed by atoms with Gasteiger partial charge in [-0.2, -0.15) is 0 Å². The van der Waals surface area contributed by atoms with Crippen LogP contribution in [0.1, 0.15) is 51.9 Å². The predicted molar refractivity (Wildman–Crippen MR) is 99.3 cm³/mol. The topological polar surface area (TPSA) is 35.6 Å². The SMILES string of the molecule is CCCCCN1CCC[C@@]12CCCN(C(=O)Nc1ccccc1)C2. The van der Waals surface area contributed by atoms with Crippen LogP contribution in [0.3, 0.4) is 0 Å². The van der Waals surface area contributed by atoms with Crippen LogP contribution in [0.2, 0.25) is 0 Å². The Kier molecular flexibility index (Phi) is 5.77. The Bertz CT molecular complexity index is 533. The van der Waals surface area contributed by atoms with Crippen LogP contribution in [0.25, 0.3) is 0 Å². The van der Waals surface area contributed by atoms with E-state index in [9.17, 15) is 4.79 Å². The zero-order valence-electron chi connectivity index (χ0n) is 15.0. The lowest BCUT2D eigenvalue weighted by Crippen LogP contribution is -2.57. The fourth-order valence-corrected chi connectivity index (χ4v) is 4.37. The summed E-state index contributed by atoms with van der Waals surface area (Å²) in [6.07, 6.45) is 8.75. The molecule has 2 heterocycles. The van der Waals surface area contributed by atoms with Crippen LogP contribution < -0.4 is 5.32 Å². The second-order valence-electron chi connectivity index (χ2n) is 7.34. The molecule has 2 aliphatic rings. The molecule has 1 atom stereocenters. The summed E-state index contributed by atoms with van der Waals surface area (Å²) in [6.45, 7) is 6.43. The first-order valence-corrected chi connectivity index (χ1v) is 9.59. The molecule has 24 heavy (non-hydrogen) atoms. The lowest BCUT2D eigenvalue weighted by molar-refractivity contribution is 0.0576. The molecule has 1 spiro atoms. The molecule has 4 nitrogen and oxygen atoms in total. The monoisotopic (exact) mass is 329 g/mol. The standard InChI is InChI=1S/C20H31N3O/c1-2-3-7-15-23-16-9-13-20(23)12-8-14-22(17-20)19(24)21-18-10-5-4-6-11-18/h4-6,10-11H,2-3,7-9,12-17H2,1H3,(H,21,24)/t20-/m1/s1. The molecule has 132 valence electrons. The summed E-state index contributed by atoms with van der Waals surface area (Å²) in [6, 6.07) is 9.84. The zero-order valence-corrected chi connectivity index (χ0v) is 15.0. The molecule has 2 fully saturated rings. The highest BCUT2D eigenvalue weighted by molar-refractivity contribution is 5.89. The number of benzene rings is 1. The van der Waals surface area contributed by atoms with E-state index in [2.05, 4.69) is 17.1 Å². The summed E-state index contributed by atoms with van der Waals surface area (Å²) in [5.74, 6) is 0. The van der Waals surface area contributed by atoms with Crippen molar-refractivity contribution in [3.63, 3.8) is 0 Å². The van der Waals surface area contributed by atoms with E-state index in [0.29, 0.717) is 0 Å². The molecular weight excluding hydrogens is 298 g/mol. The molecule has 0 saturated carbocycles. The van der Waals surface area contributed by atoms with Crippen LogP contribution in [0.5, 0.6) is 0 Å². The van der Waals surface area contributed by atoms with E-state index in [1.165, 1.54) is 51.6 Å². The van der Waals surface area contributed by atoms with Gasteiger partial charge in [-0.05, 0) is 57.3 Å². The van der Waals surface area contributed by atoms with Gasteiger partial charge in [-0.15, -0.1) is 0 Å². The highest BCUT2D eigenvalue weighted by Crippen LogP contribution is 2.37. The zero-order chi connectivity index (χ0) is 16.8. The first-order valence-electron chi connectivity index (χ1n) is 9.59. The molecule has 3 rings (SSSR count). The minimum atomic E-state index is 0.0562. The van der Waals surface area contributed by atoms with Crippen molar-refractivity contribution in [2.45, 2.75) is 57.4 Å². The normalized spacial score (nSPS) is 24.5. The maximum absolute atomic E-state index is 12.7. The number of nitrogens with zero attached hydrogens (tertiary/aromatic N) is 2. The summed E-state index contributed by atoms with van der Waals surface area (Å²) in [5.41, 5.74) is 1.12. The van der Waals surface area contributed by atoms with Gasteiger partial charge in [0.1, 0.15) is 0 Å². The Balaban J connectivity index is 1.61. The number of carbonyl (C=O) groups is 1. The lowest BCUT2D eigenvalue weighted by Gasteiger charge is -2.46. The van der Waals surface area contributed by atoms with Crippen molar-refractivity contribution < 1.29 is 4.79 Å². The quantitative estimate of drug-likeness (QED) is 0.816. The molecule has 0 bridgehead atoms. The second kappa shape index (κ2) is 8.02. The number of nitrogens with one attached hydrogen (secondary N) is 1. The number of carbonyl (C=O) groups excluding carboxylic acids is 1. The number of hydrogen-bond donors (Lipinski definition) is 1. The Morgan fingerprint density at radius 3 is 2.62 bits per heavy atom. The van der Waals surface area contributed by atoms with Crippen LogP contribution in [0, 0.1) is 0 Å². The molecule has 0 radical (unpaired) electrons. The van der Waals surface area contributed by atoms with Gasteiger partial charge in [-0.25, -0.2) is 4.79 Å². The van der Waals surface area contributed by atoms with Gasteiger partial charge in [0.2, 0.25) is 0 Å². The van der Waals surface area contributed by atoms with Crippen molar-refractivity contribution in [1.29, 1.82) is 0 Å². The smallest absolute Gasteiger partial charge is 0.321 e. The minimum Gasteiger partial charge on any atom is -0.323 e. The molecule has 2 amide bonds. The molecule has 0 aromatic heterocycles. The number of para-hydroxylation sites is 1. The molecule has 1 N–H and O–H groups in total. The van der Waals surface area contributed by atoms with Crippen molar-refractivity contribution in [3.8, 4) is 0 Å². The summed E-state index contributed by atoms with van der Waals surface area (Å²) >= 11 is 0. The van der Waals surface area contributed by atoms with Crippen molar-refractivity contribution in [2.24, 2.45) is 0 Å². The first-order chi connectivity index (χ1) is 11.7. The molecular formula is C20H31N3O. The number of piperidine rings is 1. The average molecular weight is 329 g/mol. The van der Waals surface area contributed by atoms with Crippen molar-refractivity contribution >= 4 is 11.7 Å². The molecule has 4 heteroatoms. The number of amides is 2. The van der Waals surface area contributed by atoms with Crippen molar-refractivity contribution in [2.75, 3.05) is 31.5 Å². The van der Waals surface area contributed by atoms with Crippen LogP contribution in [0.15, 0.2) is 30.3 Å². The van der Waals surface area contributed by atoms with Gasteiger partial charge in [0, 0.05) is 24.3 Å². The van der Waals surface area contributed by atoms with Gasteiger partial charge in [-0.1, -0.05) is 38.0 Å². The number of unbranched alkanes of at least 4 members (excludes halogenated alkanes) is 2. The fourth-order valence-electron chi connectivity index (χ4n) is 4.37. The van der Waals surface area contributed by atoms with Crippen LogP contribution >= 0.6 is 0 Å². The average Bonchev–Trinajstić information content (AvgIpc) is 2.98. The van der Waals surface area contributed by atoms with Crippen molar-refractivity contribution in [1.82, 2.24) is 9.80 Å². The van der Waals surface area contributed by atoms with E-state index < -0.39 is 0 Å². The first kappa shape index (κ1) is 17.3. The fraction of sp³-hybridized carbons (Fsp3) is 0.650. The van der Waals surface area contributed by atoms with E-state index in [4.69, 9.17) is 0 Å². The number of hydrogen-bond acceptors (Lipinski definition) is 2. The third kappa shape index (κ3) is 3.92. The molecule has 0 unspecified atom stereocenters. The maximum atomic E-state index is 12.7. The second-order valence-corrected chi connectivity index (χ2v) is 7.34. The number of likely N-dealkylation sites (tertiary alicyclic amines) is 2. The van der Waals surface area contributed by atoms with Gasteiger partial charge in [0.05, 0.1) is 0 Å². The van der Waals surface area contributed by atoms with E-state index in [-0.39, 0.29) is 11.6 Å². The number of rotatable bonds is 5. The van der Waals surface area contributed by atoms with Gasteiger partial charge < -0.3 is 10.2 Å². The Morgan fingerprint density at radius 1 is 1.12 bits per heavy atom. The molecule has 0 aliphatic carbocycles. The summed E-state index contributed by atoms with van der Waals surface area (Å²) in [7, 11) is 0. The van der Waals surface area contributed by atoms with Gasteiger partial charge >= 0.3 is 6.03 Å². The van der Waals surface area contributed by atoms with E-state index in [1.54, 1.807) is 0 Å². The third-order valence-electron chi connectivity index (χ3n) is 5.64. The largest absolute Gasteiger partial charge is 0.323 e. The van der Waals surface area contributed by atoms with Crippen LogP contribution in [-0.2, 0) is 0 Å². The van der Waals surface area contributed by atoms with Crippen LogP contribution in [-0.4, -0.2) is 47.5 Å². The molecule has 2 saturated heterocycles. The van der Waals surface area contributed by atoms with Gasteiger partial charge in [0.25, 0.3) is 0 Å². The van der Waals surface area contributed by atoms with Gasteiger partial charge in [-0.3, -0.25) is 4.90 Å². The number of anilines is 1. The minimum absolute atomic E-state index is 0.0562. The Hall–Kier alpha value is -1.55. The summed E-state index contributed by atoms with van der Waals surface area (Å²) < 4.78 is 0. The maximum Gasteiger partial charge on any atom is 0.321 e.